The van der Waals surface area contributed by atoms with Gasteiger partial charge in [-0.05, 0) is 25.5 Å². The monoisotopic (exact) mass is 270 g/mol. The maximum atomic E-state index is 13.8. The molecule has 0 radical (unpaired) electrons. The lowest BCUT2D eigenvalue weighted by atomic mass is 10.1. The van der Waals surface area contributed by atoms with E-state index in [2.05, 4.69) is 24.1 Å². The van der Waals surface area contributed by atoms with Crippen molar-refractivity contribution in [3.8, 4) is 0 Å². The third kappa shape index (κ3) is 3.02. The number of hydrogen-bond acceptors (Lipinski definition) is 2. The summed E-state index contributed by atoms with van der Waals surface area (Å²) >= 11 is 6.08. The van der Waals surface area contributed by atoms with E-state index in [0.29, 0.717) is 29.2 Å². The summed E-state index contributed by atoms with van der Waals surface area (Å²) in [5.74, 6) is -0.207. The summed E-state index contributed by atoms with van der Waals surface area (Å²) in [6.07, 6.45) is 1.09. The molecule has 1 aliphatic rings. The van der Waals surface area contributed by atoms with Crippen LogP contribution in [0.15, 0.2) is 18.2 Å². The Morgan fingerprint density at radius 2 is 2.28 bits per heavy atom. The Balaban J connectivity index is 2.12. The highest BCUT2D eigenvalue weighted by Gasteiger charge is 2.25. The number of nitrogens with zero attached hydrogens (tertiary/aromatic N) is 1. The van der Waals surface area contributed by atoms with Crippen LogP contribution in [0.3, 0.4) is 0 Å². The van der Waals surface area contributed by atoms with Gasteiger partial charge >= 0.3 is 0 Å². The molecule has 1 aromatic carbocycles. The normalized spacial score (nSPS) is 25.3. The Bertz CT molecular complexity index is 391. The van der Waals surface area contributed by atoms with Gasteiger partial charge in [0.05, 0.1) is 0 Å². The minimum absolute atomic E-state index is 0.207. The van der Waals surface area contributed by atoms with Crippen LogP contribution in [-0.2, 0) is 6.54 Å². The molecule has 18 heavy (non-hydrogen) atoms. The molecule has 0 spiro atoms. The molecule has 0 aromatic heterocycles. The highest BCUT2D eigenvalue weighted by Crippen LogP contribution is 2.22. The summed E-state index contributed by atoms with van der Waals surface area (Å²) in [4.78, 5) is 2.30. The van der Waals surface area contributed by atoms with E-state index in [1.54, 1.807) is 12.1 Å². The van der Waals surface area contributed by atoms with Gasteiger partial charge in [-0.15, -0.1) is 0 Å². The molecule has 0 aliphatic carbocycles. The van der Waals surface area contributed by atoms with Crippen molar-refractivity contribution in [2.45, 2.75) is 38.9 Å². The number of halogens is 2. The Kier molecular flexibility index (Phi) is 4.60. The summed E-state index contributed by atoms with van der Waals surface area (Å²) in [6, 6.07) is 5.78. The van der Waals surface area contributed by atoms with Crippen LogP contribution in [-0.4, -0.2) is 30.1 Å². The molecule has 0 saturated carbocycles. The second-order valence-electron chi connectivity index (χ2n) is 4.99. The number of benzene rings is 1. The average molecular weight is 271 g/mol. The average Bonchev–Trinajstić information content (AvgIpc) is 2.36. The van der Waals surface area contributed by atoms with E-state index in [1.807, 2.05) is 0 Å². The molecule has 1 aromatic rings. The van der Waals surface area contributed by atoms with Crippen molar-refractivity contribution in [2.24, 2.45) is 0 Å². The minimum Gasteiger partial charge on any atom is -0.311 e. The predicted octanol–water partition coefficient (Wildman–Crippen LogP) is 3.05. The second-order valence-corrected chi connectivity index (χ2v) is 5.40. The fourth-order valence-corrected chi connectivity index (χ4v) is 2.60. The molecular formula is C14H20ClFN2. The highest BCUT2D eigenvalue weighted by molar-refractivity contribution is 6.31. The molecule has 4 heteroatoms. The van der Waals surface area contributed by atoms with Crippen molar-refractivity contribution in [3.63, 3.8) is 0 Å². The first-order valence-electron chi connectivity index (χ1n) is 6.52. The van der Waals surface area contributed by atoms with Gasteiger partial charge in [0.25, 0.3) is 0 Å². The zero-order valence-corrected chi connectivity index (χ0v) is 11.7. The molecule has 1 aliphatic heterocycles. The molecular weight excluding hydrogens is 251 g/mol. The van der Waals surface area contributed by atoms with Crippen LogP contribution in [0.1, 0.15) is 25.8 Å². The molecule has 1 saturated heterocycles. The van der Waals surface area contributed by atoms with Gasteiger partial charge in [-0.2, -0.15) is 0 Å². The lowest BCUT2D eigenvalue weighted by molar-refractivity contribution is 0.130. The predicted molar refractivity (Wildman–Crippen MR) is 73.4 cm³/mol. The largest absolute Gasteiger partial charge is 0.311 e. The van der Waals surface area contributed by atoms with E-state index >= 15 is 0 Å². The van der Waals surface area contributed by atoms with Crippen LogP contribution in [0.25, 0.3) is 0 Å². The first-order valence-corrected chi connectivity index (χ1v) is 6.90. The molecule has 0 bridgehead atoms. The van der Waals surface area contributed by atoms with Gasteiger partial charge in [0, 0.05) is 42.3 Å². The first-order chi connectivity index (χ1) is 8.61. The topological polar surface area (TPSA) is 15.3 Å². The summed E-state index contributed by atoms with van der Waals surface area (Å²) < 4.78 is 13.8. The smallest absolute Gasteiger partial charge is 0.129 e. The second kappa shape index (κ2) is 6.00. The summed E-state index contributed by atoms with van der Waals surface area (Å²) in [5.41, 5.74) is 0.614. The fourth-order valence-electron chi connectivity index (χ4n) is 2.37. The fraction of sp³-hybridized carbons (Fsp3) is 0.571. The molecule has 2 unspecified atom stereocenters. The third-order valence-electron chi connectivity index (χ3n) is 3.70. The molecule has 2 nitrogen and oxygen atoms in total. The minimum atomic E-state index is -0.207. The van der Waals surface area contributed by atoms with Crippen molar-refractivity contribution in [1.82, 2.24) is 10.2 Å². The van der Waals surface area contributed by atoms with Gasteiger partial charge in [-0.3, -0.25) is 4.90 Å². The van der Waals surface area contributed by atoms with Crippen LogP contribution in [0, 0.1) is 5.82 Å². The van der Waals surface area contributed by atoms with E-state index in [-0.39, 0.29) is 5.82 Å². The van der Waals surface area contributed by atoms with Crippen LogP contribution in [0.5, 0.6) is 0 Å². The first kappa shape index (κ1) is 13.8. The molecule has 1 heterocycles. The molecule has 2 rings (SSSR count). The standard InChI is InChI=1S/C14H20ClFN2/c1-3-11-8-18(10(2)7-17-11)9-12-13(15)5-4-6-14(12)16/h4-6,10-11,17H,3,7-9H2,1-2H3. The van der Waals surface area contributed by atoms with Gasteiger partial charge in [-0.25, -0.2) is 4.39 Å². The summed E-state index contributed by atoms with van der Waals surface area (Å²) in [5, 5.41) is 4.02. The lowest BCUT2D eigenvalue weighted by Gasteiger charge is -2.38. The summed E-state index contributed by atoms with van der Waals surface area (Å²) in [7, 11) is 0. The summed E-state index contributed by atoms with van der Waals surface area (Å²) in [6.45, 7) is 6.81. The number of piperazine rings is 1. The van der Waals surface area contributed by atoms with Gasteiger partial charge in [0.15, 0.2) is 0 Å². The van der Waals surface area contributed by atoms with Crippen LogP contribution in [0.2, 0.25) is 5.02 Å². The van der Waals surface area contributed by atoms with Crippen molar-refractivity contribution < 1.29 is 4.39 Å². The van der Waals surface area contributed by atoms with Crippen LogP contribution >= 0.6 is 11.6 Å². The number of hydrogen-bond donors (Lipinski definition) is 1. The quantitative estimate of drug-likeness (QED) is 0.908. The Morgan fingerprint density at radius 3 is 2.94 bits per heavy atom. The maximum absolute atomic E-state index is 13.8. The molecule has 100 valence electrons. The van der Waals surface area contributed by atoms with Gasteiger partial charge in [0.2, 0.25) is 0 Å². The SMILES string of the molecule is CCC1CN(Cc2c(F)cccc2Cl)C(C)CN1. The van der Waals surface area contributed by atoms with Crippen LogP contribution < -0.4 is 5.32 Å². The number of rotatable bonds is 3. The molecule has 0 amide bonds. The lowest BCUT2D eigenvalue weighted by Crippen LogP contribution is -2.54. The Morgan fingerprint density at radius 1 is 1.50 bits per heavy atom. The molecule has 2 atom stereocenters. The van der Waals surface area contributed by atoms with Crippen molar-refractivity contribution >= 4 is 11.6 Å². The van der Waals surface area contributed by atoms with Crippen molar-refractivity contribution in [1.29, 1.82) is 0 Å². The third-order valence-corrected chi connectivity index (χ3v) is 4.05. The van der Waals surface area contributed by atoms with Gasteiger partial charge in [-0.1, -0.05) is 24.6 Å². The Labute approximate surface area is 113 Å². The number of nitrogens with one attached hydrogen (secondary N) is 1. The van der Waals surface area contributed by atoms with E-state index < -0.39 is 0 Å². The van der Waals surface area contributed by atoms with E-state index in [0.717, 1.165) is 19.5 Å². The highest BCUT2D eigenvalue weighted by atomic mass is 35.5. The zero-order chi connectivity index (χ0) is 13.1. The van der Waals surface area contributed by atoms with Gasteiger partial charge < -0.3 is 5.32 Å². The van der Waals surface area contributed by atoms with Crippen molar-refractivity contribution in [3.05, 3.63) is 34.6 Å². The zero-order valence-electron chi connectivity index (χ0n) is 10.9. The van der Waals surface area contributed by atoms with Crippen molar-refractivity contribution in [2.75, 3.05) is 13.1 Å². The van der Waals surface area contributed by atoms with Gasteiger partial charge in [0.1, 0.15) is 5.82 Å². The van der Waals surface area contributed by atoms with Crippen LogP contribution in [0.4, 0.5) is 4.39 Å². The maximum Gasteiger partial charge on any atom is 0.129 e. The van der Waals surface area contributed by atoms with E-state index in [4.69, 9.17) is 11.6 Å². The van der Waals surface area contributed by atoms with E-state index in [1.165, 1.54) is 6.07 Å². The Hall–Kier alpha value is -0.640. The molecule has 1 fully saturated rings. The van der Waals surface area contributed by atoms with E-state index in [9.17, 15) is 4.39 Å². The molecule has 1 N–H and O–H groups in total.